The highest BCUT2D eigenvalue weighted by molar-refractivity contribution is 5.85. The van der Waals surface area contributed by atoms with E-state index in [0.717, 1.165) is 11.1 Å². The number of nitrogens with two attached hydrogens (primary N) is 1. The van der Waals surface area contributed by atoms with E-state index in [-0.39, 0.29) is 6.54 Å². The van der Waals surface area contributed by atoms with Gasteiger partial charge >= 0.3 is 0 Å². The van der Waals surface area contributed by atoms with Gasteiger partial charge in [-0.3, -0.25) is 0 Å². The zero-order valence-corrected chi connectivity index (χ0v) is 11.9. The Kier molecular flexibility index (Phi) is 3.74. The molecule has 1 unspecified atom stereocenters. The molecule has 2 heteroatoms. The van der Waals surface area contributed by atoms with Crippen LogP contribution in [0, 0.1) is 0 Å². The minimum atomic E-state index is -1.04. The Balaban J connectivity index is 2.04. The molecule has 0 radical (unpaired) electrons. The lowest BCUT2D eigenvalue weighted by Gasteiger charge is -2.28. The smallest absolute Gasteiger partial charge is 0.106 e. The lowest BCUT2D eigenvalue weighted by Crippen LogP contribution is -2.37. The van der Waals surface area contributed by atoms with Crippen molar-refractivity contribution in [2.75, 3.05) is 6.54 Å². The van der Waals surface area contributed by atoms with Crippen molar-refractivity contribution >= 4 is 10.8 Å². The maximum absolute atomic E-state index is 11.0. The fraction of sp³-hybridized carbons (Fsp3) is 0.158. The number of hydrogen-bond donors (Lipinski definition) is 2. The van der Waals surface area contributed by atoms with Gasteiger partial charge in [-0.25, -0.2) is 0 Å². The SMILES string of the molecule is NCC(O)(Cc1cccc2ccccc12)c1ccccc1. The number of rotatable bonds is 4. The van der Waals surface area contributed by atoms with Crippen LogP contribution in [0.5, 0.6) is 0 Å². The van der Waals surface area contributed by atoms with Gasteiger partial charge in [0.25, 0.3) is 0 Å². The van der Waals surface area contributed by atoms with Crippen molar-refractivity contribution in [2.24, 2.45) is 5.73 Å². The van der Waals surface area contributed by atoms with Crippen LogP contribution in [-0.2, 0) is 12.0 Å². The molecule has 0 aliphatic rings. The molecule has 0 heterocycles. The molecule has 0 saturated carbocycles. The van der Waals surface area contributed by atoms with E-state index in [0.29, 0.717) is 6.42 Å². The van der Waals surface area contributed by atoms with Gasteiger partial charge in [-0.15, -0.1) is 0 Å². The fourth-order valence-corrected chi connectivity index (χ4v) is 2.80. The van der Waals surface area contributed by atoms with Gasteiger partial charge in [0.05, 0.1) is 0 Å². The van der Waals surface area contributed by atoms with Crippen molar-refractivity contribution in [1.29, 1.82) is 0 Å². The highest BCUT2D eigenvalue weighted by Gasteiger charge is 2.28. The van der Waals surface area contributed by atoms with Gasteiger partial charge in [0.2, 0.25) is 0 Å². The summed E-state index contributed by atoms with van der Waals surface area (Å²) in [5, 5.41) is 13.3. The van der Waals surface area contributed by atoms with Gasteiger partial charge < -0.3 is 10.8 Å². The van der Waals surface area contributed by atoms with E-state index >= 15 is 0 Å². The van der Waals surface area contributed by atoms with E-state index < -0.39 is 5.60 Å². The van der Waals surface area contributed by atoms with Crippen LogP contribution >= 0.6 is 0 Å². The Morgan fingerprint density at radius 3 is 2.24 bits per heavy atom. The van der Waals surface area contributed by atoms with Crippen molar-refractivity contribution in [3.05, 3.63) is 83.9 Å². The predicted molar refractivity (Wildman–Crippen MR) is 87.0 cm³/mol. The number of fused-ring (bicyclic) bond motifs is 1. The molecule has 3 rings (SSSR count). The molecule has 3 aromatic carbocycles. The standard InChI is InChI=1S/C19H19NO/c20-14-19(21,17-10-2-1-3-11-17)13-16-9-6-8-15-7-4-5-12-18(15)16/h1-12,21H,13-14,20H2. The van der Waals surface area contributed by atoms with E-state index in [1.54, 1.807) is 0 Å². The Morgan fingerprint density at radius 1 is 0.810 bits per heavy atom. The molecule has 0 spiro atoms. The lowest BCUT2D eigenvalue weighted by molar-refractivity contribution is 0.0466. The second-order valence-corrected chi connectivity index (χ2v) is 5.42. The Hall–Kier alpha value is -2.16. The zero-order valence-electron chi connectivity index (χ0n) is 11.9. The maximum atomic E-state index is 11.0. The van der Waals surface area contributed by atoms with Gasteiger partial charge in [-0.05, 0) is 21.9 Å². The fourth-order valence-electron chi connectivity index (χ4n) is 2.80. The minimum absolute atomic E-state index is 0.195. The van der Waals surface area contributed by atoms with Gasteiger partial charge in [0.15, 0.2) is 0 Å². The van der Waals surface area contributed by atoms with Crippen LogP contribution in [0.25, 0.3) is 10.8 Å². The van der Waals surface area contributed by atoms with Gasteiger partial charge in [-0.2, -0.15) is 0 Å². The third-order valence-electron chi connectivity index (χ3n) is 4.01. The molecule has 3 aromatic rings. The Morgan fingerprint density at radius 2 is 1.48 bits per heavy atom. The van der Waals surface area contributed by atoms with Crippen molar-refractivity contribution in [3.63, 3.8) is 0 Å². The largest absolute Gasteiger partial charge is 0.383 e. The third-order valence-corrected chi connectivity index (χ3v) is 4.01. The molecule has 0 fully saturated rings. The van der Waals surface area contributed by atoms with Gasteiger partial charge in [0, 0.05) is 13.0 Å². The molecular weight excluding hydrogens is 258 g/mol. The van der Waals surface area contributed by atoms with Crippen LogP contribution in [0.2, 0.25) is 0 Å². The first-order chi connectivity index (χ1) is 10.2. The second-order valence-electron chi connectivity index (χ2n) is 5.42. The number of hydrogen-bond acceptors (Lipinski definition) is 2. The van der Waals surface area contributed by atoms with Gasteiger partial charge in [0.1, 0.15) is 5.60 Å². The normalized spacial score (nSPS) is 14.0. The Bertz CT molecular complexity index is 733. The highest BCUT2D eigenvalue weighted by Crippen LogP contribution is 2.28. The molecule has 0 bridgehead atoms. The topological polar surface area (TPSA) is 46.2 Å². The van der Waals surface area contributed by atoms with Crippen LogP contribution in [0.1, 0.15) is 11.1 Å². The molecule has 0 amide bonds. The molecule has 2 nitrogen and oxygen atoms in total. The summed E-state index contributed by atoms with van der Waals surface area (Å²) in [4.78, 5) is 0. The summed E-state index contributed by atoms with van der Waals surface area (Å²) in [5.41, 5.74) is 6.82. The number of benzene rings is 3. The van der Waals surface area contributed by atoms with Crippen LogP contribution in [0.15, 0.2) is 72.8 Å². The maximum Gasteiger partial charge on any atom is 0.106 e. The van der Waals surface area contributed by atoms with Crippen molar-refractivity contribution in [1.82, 2.24) is 0 Å². The van der Waals surface area contributed by atoms with E-state index in [2.05, 4.69) is 24.3 Å². The summed E-state index contributed by atoms with van der Waals surface area (Å²) < 4.78 is 0. The van der Waals surface area contributed by atoms with Crippen LogP contribution in [-0.4, -0.2) is 11.7 Å². The number of aliphatic hydroxyl groups is 1. The highest BCUT2D eigenvalue weighted by atomic mass is 16.3. The second kappa shape index (κ2) is 5.68. The third kappa shape index (κ3) is 2.68. The first-order valence-electron chi connectivity index (χ1n) is 7.17. The lowest BCUT2D eigenvalue weighted by atomic mass is 9.86. The van der Waals surface area contributed by atoms with E-state index in [1.807, 2.05) is 48.5 Å². The summed E-state index contributed by atoms with van der Waals surface area (Å²) in [5.74, 6) is 0. The average molecular weight is 277 g/mol. The summed E-state index contributed by atoms with van der Waals surface area (Å²) in [6, 6.07) is 24.1. The molecule has 0 saturated heterocycles. The van der Waals surface area contributed by atoms with Crippen molar-refractivity contribution < 1.29 is 5.11 Å². The molecule has 0 aliphatic carbocycles. The minimum Gasteiger partial charge on any atom is -0.383 e. The Labute approximate surface area is 124 Å². The predicted octanol–water partition coefficient (Wildman–Crippen LogP) is 3.23. The molecule has 3 N–H and O–H groups in total. The monoisotopic (exact) mass is 277 g/mol. The quantitative estimate of drug-likeness (QED) is 0.769. The zero-order chi connectivity index (χ0) is 14.7. The average Bonchev–Trinajstić information content (AvgIpc) is 2.56. The molecule has 106 valence electrons. The summed E-state index contributed by atoms with van der Waals surface area (Å²) in [7, 11) is 0. The molecule has 0 aliphatic heterocycles. The summed E-state index contributed by atoms with van der Waals surface area (Å²) in [6.45, 7) is 0.195. The van der Waals surface area contributed by atoms with Crippen LogP contribution < -0.4 is 5.73 Å². The first-order valence-corrected chi connectivity index (χ1v) is 7.17. The van der Waals surface area contributed by atoms with E-state index in [4.69, 9.17) is 5.73 Å². The molecule has 1 atom stereocenters. The van der Waals surface area contributed by atoms with Crippen molar-refractivity contribution in [2.45, 2.75) is 12.0 Å². The molecule has 21 heavy (non-hydrogen) atoms. The van der Waals surface area contributed by atoms with Crippen LogP contribution in [0.3, 0.4) is 0 Å². The molecular formula is C19H19NO. The summed E-state index contributed by atoms with van der Waals surface area (Å²) in [6.07, 6.45) is 0.509. The van der Waals surface area contributed by atoms with E-state index in [1.165, 1.54) is 10.8 Å². The van der Waals surface area contributed by atoms with E-state index in [9.17, 15) is 5.11 Å². The molecule has 0 aromatic heterocycles. The van der Waals surface area contributed by atoms with Gasteiger partial charge in [-0.1, -0.05) is 72.8 Å². The first kappa shape index (κ1) is 13.8. The van der Waals surface area contributed by atoms with Crippen LogP contribution in [0.4, 0.5) is 0 Å². The van der Waals surface area contributed by atoms with Crippen molar-refractivity contribution in [3.8, 4) is 0 Å². The summed E-state index contributed by atoms with van der Waals surface area (Å²) >= 11 is 0.